The van der Waals surface area contributed by atoms with Gasteiger partial charge in [0, 0.05) is 17.2 Å². The van der Waals surface area contributed by atoms with Gasteiger partial charge in [-0.2, -0.15) is 0 Å². The number of nitrogens with two attached hydrogens (primary N) is 1. The monoisotopic (exact) mass is 233 g/mol. The van der Waals surface area contributed by atoms with Gasteiger partial charge in [-0.25, -0.2) is 0 Å². The Morgan fingerprint density at radius 1 is 1.24 bits per heavy atom. The van der Waals surface area contributed by atoms with Gasteiger partial charge in [0.05, 0.1) is 0 Å². The van der Waals surface area contributed by atoms with E-state index in [0.717, 1.165) is 24.0 Å². The van der Waals surface area contributed by atoms with E-state index in [9.17, 15) is 4.79 Å². The minimum absolute atomic E-state index is 0.0440. The first-order chi connectivity index (χ1) is 8.02. The van der Waals surface area contributed by atoms with E-state index in [-0.39, 0.29) is 11.7 Å². The van der Waals surface area contributed by atoms with Crippen LogP contribution in [0.25, 0.3) is 0 Å². The summed E-state index contributed by atoms with van der Waals surface area (Å²) >= 11 is 0. The van der Waals surface area contributed by atoms with E-state index in [4.69, 9.17) is 5.73 Å². The van der Waals surface area contributed by atoms with Gasteiger partial charge in [0.1, 0.15) is 0 Å². The fraction of sp³-hybridized carbons (Fsp3) is 0.533. The number of hydrogen-bond donors (Lipinski definition) is 1. The van der Waals surface area contributed by atoms with Gasteiger partial charge in [0.2, 0.25) is 0 Å². The van der Waals surface area contributed by atoms with Gasteiger partial charge in [0.15, 0.2) is 5.78 Å². The highest BCUT2D eigenvalue weighted by Gasteiger charge is 2.21. The first kappa shape index (κ1) is 13.8. The van der Waals surface area contributed by atoms with Crippen molar-refractivity contribution in [3.8, 4) is 0 Å². The maximum atomic E-state index is 12.4. The molecule has 1 aromatic rings. The predicted molar refractivity (Wildman–Crippen MR) is 73.3 cm³/mol. The maximum Gasteiger partial charge on any atom is 0.168 e. The molecule has 2 heteroatoms. The number of carbonyl (C=O) groups is 1. The second-order valence-corrected chi connectivity index (χ2v) is 4.79. The lowest BCUT2D eigenvalue weighted by atomic mass is 9.86. The molecule has 0 aliphatic heterocycles. The predicted octanol–water partition coefficient (Wildman–Crippen LogP) is 4.01. The Morgan fingerprint density at radius 3 is 2.41 bits per heavy atom. The summed E-state index contributed by atoms with van der Waals surface area (Å²) in [7, 11) is 0. The smallest absolute Gasteiger partial charge is 0.168 e. The molecule has 0 bridgehead atoms. The van der Waals surface area contributed by atoms with Crippen molar-refractivity contribution in [1.82, 2.24) is 0 Å². The fourth-order valence-electron chi connectivity index (χ4n) is 1.94. The Labute approximate surface area is 104 Å². The average molecular weight is 233 g/mol. The van der Waals surface area contributed by atoms with Crippen molar-refractivity contribution in [3.05, 3.63) is 29.3 Å². The number of anilines is 1. The van der Waals surface area contributed by atoms with E-state index >= 15 is 0 Å². The first-order valence-electron chi connectivity index (χ1n) is 6.45. The Bertz CT molecular complexity index is 398. The molecule has 0 fully saturated rings. The lowest BCUT2D eigenvalue weighted by Gasteiger charge is -2.18. The zero-order chi connectivity index (χ0) is 13.0. The number of nitrogen functional groups attached to an aromatic ring is 1. The maximum absolute atomic E-state index is 12.4. The second kappa shape index (κ2) is 5.85. The van der Waals surface area contributed by atoms with Crippen LogP contribution in [0.5, 0.6) is 0 Å². The highest BCUT2D eigenvalue weighted by atomic mass is 16.1. The molecule has 1 aromatic carbocycles. The minimum atomic E-state index is 0.0440. The van der Waals surface area contributed by atoms with Gasteiger partial charge in [-0.3, -0.25) is 4.79 Å². The van der Waals surface area contributed by atoms with Crippen LogP contribution in [-0.2, 0) is 0 Å². The third-order valence-corrected chi connectivity index (χ3v) is 3.58. The minimum Gasteiger partial charge on any atom is -0.398 e. The molecule has 94 valence electrons. The summed E-state index contributed by atoms with van der Waals surface area (Å²) in [5, 5.41) is 0. The van der Waals surface area contributed by atoms with Crippen LogP contribution in [-0.4, -0.2) is 5.78 Å². The SMILES string of the molecule is CCC(C)C(=O)c1c(N)cccc1C(C)CC. The molecular weight excluding hydrogens is 210 g/mol. The number of ketones is 1. The van der Waals surface area contributed by atoms with Gasteiger partial charge in [-0.1, -0.05) is 39.8 Å². The first-order valence-corrected chi connectivity index (χ1v) is 6.45. The zero-order valence-corrected chi connectivity index (χ0v) is 11.3. The van der Waals surface area contributed by atoms with Crippen LogP contribution < -0.4 is 5.73 Å². The van der Waals surface area contributed by atoms with Crippen LogP contribution in [0.15, 0.2) is 18.2 Å². The summed E-state index contributed by atoms with van der Waals surface area (Å²) < 4.78 is 0. The standard InChI is InChI=1S/C15H23NO/c1-5-10(3)12-8-7-9-13(16)14(12)15(17)11(4)6-2/h7-11H,5-6,16H2,1-4H3. The number of carbonyl (C=O) groups excluding carboxylic acids is 1. The molecule has 2 unspecified atom stereocenters. The van der Waals surface area contributed by atoms with Gasteiger partial charge < -0.3 is 5.73 Å². The van der Waals surface area contributed by atoms with E-state index in [2.05, 4.69) is 13.8 Å². The lowest BCUT2D eigenvalue weighted by Crippen LogP contribution is -2.16. The van der Waals surface area contributed by atoms with E-state index in [0.29, 0.717) is 11.6 Å². The van der Waals surface area contributed by atoms with Crippen molar-refractivity contribution in [2.24, 2.45) is 5.92 Å². The summed E-state index contributed by atoms with van der Waals surface area (Å²) in [5.41, 5.74) is 8.45. The molecule has 2 N–H and O–H groups in total. The van der Waals surface area contributed by atoms with Crippen molar-refractivity contribution < 1.29 is 4.79 Å². The van der Waals surface area contributed by atoms with E-state index in [1.165, 1.54) is 0 Å². The summed E-state index contributed by atoms with van der Waals surface area (Å²) in [6, 6.07) is 5.78. The van der Waals surface area contributed by atoms with Crippen molar-refractivity contribution in [3.63, 3.8) is 0 Å². The van der Waals surface area contributed by atoms with Crippen molar-refractivity contribution in [2.75, 3.05) is 5.73 Å². The van der Waals surface area contributed by atoms with Crippen LogP contribution >= 0.6 is 0 Å². The second-order valence-electron chi connectivity index (χ2n) is 4.79. The topological polar surface area (TPSA) is 43.1 Å². The largest absolute Gasteiger partial charge is 0.398 e. The number of benzene rings is 1. The molecule has 2 nitrogen and oxygen atoms in total. The van der Waals surface area contributed by atoms with Crippen molar-refractivity contribution >= 4 is 11.5 Å². The molecule has 0 saturated heterocycles. The summed E-state index contributed by atoms with van der Waals surface area (Å²) in [6.07, 6.45) is 1.87. The zero-order valence-electron chi connectivity index (χ0n) is 11.3. The third-order valence-electron chi connectivity index (χ3n) is 3.58. The van der Waals surface area contributed by atoms with Crippen LogP contribution in [0.1, 0.15) is 62.4 Å². The van der Waals surface area contributed by atoms with Crippen LogP contribution in [0.4, 0.5) is 5.69 Å². The summed E-state index contributed by atoms with van der Waals surface area (Å²) in [5.74, 6) is 0.602. The van der Waals surface area contributed by atoms with Crippen LogP contribution in [0.3, 0.4) is 0 Å². The lowest BCUT2D eigenvalue weighted by molar-refractivity contribution is 0.0927. The normalized spacial score (nSPS) is 14.4. The Hall–Kier alpha value is -1.31. The number of Topliss-reactive ketones (excluding diaryl/α,β-unsaturated/α-hetero) is 1. The summed E-state index contributed by atoms with van der Waals surface area (Å²) in [6.45, 7) is 8.27. The van der Waals surface area contributed by atoms with Gasteiger partial charge in [-0.15, -0.1) is 0 Å². The van der Waals surface area contributed by atoms with Gasteiger partial charge in [0.25, 0.3) is 0 Å². The molecule has 0 heterocycles. The molecule has 2 atom stereocenters. The van der Waals surface area contributed by atoms with Crippen molar-refractivity contribution in [1.29, 1.82) is 0 Å². The molecule has 17 heavy (non-hydrogen) atoms. The van der Waals surface area contributed by atoms with Crippen LogP contribution in [0, 0.1) is 5.92 Å². The molecule has 0 aliphatic rings. The van der Waals surface area contributed by atoms with Crippen molar-refractivity contribution in [2.45, 2.75) is 46.5 Å². The number of hydrogen-bond acceptors (Lipinski definition) is 2. The average Bonchev–Trinajstić information content (AvgIpc) is 2.35. The quantitative estimate of drug-likeness (QED) is 0.616. The number of rotatable bonds is 5. The molecule has 0 radical (unpaired) electrons. The fourth-order valence-corrected chi connectivity index (χ4v) is 1.94. The molecule has 0 amide bonds. The molecule has 1 rings (SSSR count). The van der Waals surface area contributed by atoms with E-state index < -0.39 is 0 Å². The Balaban J connectivity index is 3.25. The Kier molecular flexibility index (Phi) is 4.73. The third kappa shape index (κ3) is 2.87. The van der Waals surface area contributed by atoms with Gasteiger partial charge in [-0.05, 0) is 30.4 Å². The molecule has 0 saturated carbocycles. The van der Waals surface area contributed by atoms with Gasteiger partial charge >= 0.3 is 0 Å². The molecule has 0 aromatic heterocycles. The van der Waals surface area contributed by atoms with E-state index in [1.54, 1.807) is 0 Å². The highest BCUT2D eigenvalue weighted by Crippen LogP contribution is 2.29. The molecule has 0 spiro atoms. The van der Waals surface area contributed by atoms with E-state index in [1.807, 2.05) is 32.0 Å². The Morgan fingerprint density at radius 2 is 1.88 bits per heavy atom. The highest BCUT2D eigenvalue weighted by molar-refractivity contribution is 6.03. The molecule has 0 aliphatic carbocycles. The summed E-state index contributed by atoms with van der Waals surface area (Å²) in [4.78, 5) is 12.4. The van der Waals surface area contributed by atoms with Crippen LogP contribution in [0.2, 0.25) is 0 Å². The molecular formula is C15H23NO.